The summed E-state index contributed by atoms with van der Waals surface area (Å²) in [5, 5.41) is 9.67. The Balaban J connectivity index is 2.74. The summed E-state index contributed by atoms with van der Waals surface area (Å²) in [6.45, 7) is 10.1. The van der Waals surface area contributed by atoms with Crippen molar-refractivity contribution in [2.45, 2.75) is 46.8 Å². The van der Waals surface area contributed by atoms with Crippen LogP contribution in [0.5, 0.6) is 0 Å². The van der Waals surface area contributed by atoms with Gasteiger partial charge in [0.15, 0.2) is 0 Å². The second-order valence-corrected chi connectivity index (χ2v) is 5.57. The molecule has 5 heteroatoms. The third kappa shape index (κ3) is 3.70. The van der Waals surface area contributed by atoms with Crippen molar-refractivity contribution in [1.29, 1.82) is 0 Å². The number of hydrogen-bond donors (Lipinski definition) is 1. The van der Waals surface area contributed by atoms with Gasteiger partial charge in [0, 0.05) is 24.5 Å². The number of nitrogens with one attached hydrogen (secondary N) is 1. The van der Waals surface area contributed by atoms with Crippen molar-refractivity contribution in [3.05, 3.63) is 16.4 Å². The zero-order valence-electron chi connectivity index (χ0n) is 10.9. The number of halogens is 2. The van der Waals surface area contributed by atoms with Gasteiger partial charge in [-0.1, -0.05) is 41.4 Å². The van der Waals surface area contributed by atoms with Gasteiger partial charge in [0.2, 0.25) is 0 Å². The SMILES string of the molecule is CCn1nc(C)c(Cl)c1CNC(CBr)C(C)C. The Kier molecular flexibility index (Phi) is 5.97. The van der Waals surface area contributed by atoms with E-state index in [-0.39, 0.29) is 0 Å². The van der Waals surface area contributed by atoms with Gasteiger partial charge in [-0.15, -0.1) is 0 Å². The van der Waals surface area contributed by atoms with Crippen LogP contribution in [0.25, 0.3) is 0 Å². The van der Waals surface area contributed by atoms with E-state index in [1.165, 1.54) is 0 Å². The lowest BCUT2D eigenvalue weighted by molar-refractivity contribution is 0.424. The second kappa shape index (κ2) is 6.76. The van der Waals surface area contributed by atoms with E-state index in [0.29, 0.717) is 12.0 Å². The van der Waals surface area contributed by atoms with E-state index in [2.05, 4.69) is 47.1 Å². The summed E-state index contributed by atoms with van der Waals surface area (Å²) < 4.78 is 1.97. The molecular formula is C12H21BrClN3. The van der Waals surface area contributed by atoms with Gasteiger partial charge in [0.05, 0.1) is 16.4 Å². The molecule has 0 aliphatic carbocycles. The van der Waals surface area contributed by atoms with Crippen molar-refractivity contribution in [1.82, 2.24) is 15.1 Å². The lowest BCUT2D eigenvalue weighted by Gasteiger charge is -2.20. The maximum absolute atomic E-state index is 6.26. The van der Waals surface area contributed by atoms with E-state index in [1.807, 2.05) is 11.6 Å². The zero-order valence-corrected chi connectivity index (χ0v) is 13.3. The lowest BCUT2D eigenvalue weighted by Crippen LogP contribution is -2.35. The molecule has 0 bridgehead atoms. The molecule has 0 aliphatic rings. The Morgan fingerprint density at radius 3 is 2.59 bits per heavy atom. The van der Waals surface area contributed by atoms with Gasteiger partial charge >= 0.3 is 0 Å². The van der Waals surface area contributed by atoms with Crippen LogP contribution in [0.3, 0.4) is 0 Å². The zero-order chi connectivity index (χ0) is 13.0. The average Bonchev–Trinajstić information content (AvgIpc) is 2.56. The van der Waals surface area contributed by atoms with E-state index >= 15 is 0 Å². The molecule has 17 heavy (non-hydrogen) atoms. The monoisotopic (exact) mass is 321 g/mol. The number of nitrogens with zero attached hydrogens (tertiary/aromatic N) is 2. The molecular weight excluding hydrogens is 302 g/mol. The molecule has 0 saturated heterocycles. The normalized spacial score (nSPS) is 13.4. The Hall–Kier alpha value is -0.0600. The van der Waals surface area contributed by atoms with Gasteiger partial charge in [-0.25, -0.2) is 0 Å². The highest BCUT2D eigenvalue weighted by molar-refractivity contribution is 9.09. The quantitative estimate of drug-likeness (QED) is 0.814. The third-order valence-electron chi connectivity index (χ3n) is 2.96. The first-order chi connectivity index (χ1) is 8.01. The Morgan fingerprint density at radius 1 is 1.47 bits per heavy atom. The van der Waals surface area contributed by atoms with Crippen LogP contribution in [0.15, 0.2) is 0 Å². The van der Waals surface area contributed by atoms with Gasteiger partial charge in [0.1, 0.15) is 0 Å². The fraction of sp³-hybridized carbons (Fsp3) is 0.750. The first-order valence-corrected chi connectivity index (χ1v) is 7.52. The average molecular weight is 323 g/mol. The predicted molar refractivity (Wildman–Crippen MR) is 76.9 cm³/mol. The molecule has 1 aromatic rings. The number of hydrogen-bond acceptors (Lipinski definition) is 2. The maximum atomic E-state index is 6.26. The van der Waals surface area contributed by atoms with Crippen LogP contribution in [0.1, 0.15) is 32.2 Å². The van der Waals surface area contributed by atoms with E-state index in [0.717, 1.165) is 34.8 Å². The first-order valence-electron chi connectivity index (χ1n) is 6.02. The van der Waals surface area contributed by atoms with E-state index in [9.17, 15) is 0 Å². The van der Waals surface area contributed by atoms with E-state index in [1.54, 1.807) is 0 Å². The summed E-state index contributed by atoms with van der Waals surface area (Å²) >= 11 is 9.80. The van der Waals surface area contributed by atoms with Crippen molar-refractivity contribution >= 4 is 27.5 Å². The second-order valence-electron chi connectivity index (χ2n) is 4.55. The van der Waals surface area contributed by atoms with Gasteiger partial charge in [-0.3, -0.25) is 4.68 Å². The Bertz CT molecular complexity index is 363. The van der Waals surface area contributed by atoms with Crippen LogP contribution >= 0.6 is 27.5 Å². The molecule has 1 unspecified atom stereocenters. The smallest absolute Gasteiger partial charge is 0.0860 e. The van der Waals surface area contributed by atoms with Crippen molar-refractivity contribution in [2.75, 3.05) is 5.33 Å². The highest BCUT2D eigenvalue weighted by atomic mass is 79.9. The lowest BCUT2D eigenvalue weighted by atomic mass is 10.1. The first kappa shape index (κ1) is 15.0. The van der Waals surface area contributed by atoms with Crippen molar-refractivity contribution < 1.29 is 0 Å². The molecule has 1 N–H and O–H groups in total. The van der Waals surface area contributed by atoms with Crippen molar-refractivity contribution in [3.8, 4) is 0 Å². The van der Waals surface area contributed by atoms with Crippen LogP contribution in [-0.4, -0.2) is 21.2 Å². The fourth-order valence-corrected chi connectivity index (χ4v) is 2.91. The highest BCUT2D eigenvalue weighted by Gasteiger charge is 2.15. The molecule has 0 aliphatic heterocycles. The molecule has 0 saturated carbocycles. The molecule has 0 fully saturated rings. The van der Waals surface area contributed by atoms with Crippen molar-refractivity contribution in [3.63, 3.8) is 0 Å². The molecule has 0 amide bonds. The van der Waals surface area contributed by atoms with Gasteiger partial charge < -0.3 is 5.32 Å². The third-order valence-corrected chi connectivity index (χ3v) is 4.14. The van der Waals surface area contributed by atoms with Crippen molar-refractivity contribution in [2.24, 2.45) is 5.92 Å². The van der Waals surface area contributed by atoms with Gasteiger partial charge in [0.25, 0.3) is 0 Å². The van der Waals surface area contributed by atoms with Crippen LogP contribution in [0, 0.1) is 12.8 Å². The van der Waals surface area contributed by atoms with Crippen LogP contribution in [0.4, 0.5) is 0 Å². The standard InChI is InChI=1S/C12H21BrClN3/c1-5-17-11(12(14)9(4)16-17)7-15-10(6-13)8(2)3/h8,10,15H,5-7H2,1-4H3. The Labute approximate surface area is 117 Å². The number of aryl methyl sites for hydroxylation is 2. The summed E-state index contributed by atoms with van der Waals surface area (Å²) in [7, 11) is 0. The fourth-order valence-electron chi connectivity index (χ4n) is 1.73. The van der Waals surface area contributed by atoms with Crippen LogP contribution in [-0.2, 0) is 13.1 Å². The number of alkyl halides is 1. The molecule has 0 aromatic carbocycles. The molecule has 0 radical (unpaired) electrons. The largest absolute Gasteiger partial charge is 0.307 e. The van der Waals surface area contributed by atoms with Crippen LogP contribution in [0.2, 0.25) is 5.02 Å². The summed E-state index contributed by atoms with van der Waals surface area (Å²) in [5.74, 6) is 0.590. The summed E-state index contributed by atoms with van der Waals surface area (Å²) in [4.78, 5) is 0. The Morgan fingerprint density at radius 2 is 2.12 bits per heavy atom. The minimum absolute atomic E-state index is 0.451. The minimum Gasteiger partial charge on any atom is -0.307 e. The molecule has 1 aromatic heterocycles. The minimum atomic E-state index is 0.451. The van der Waals surface area contributed by atoms with Gasteiger partial charge in [-0.2, -0.15) is 5.10 Å². The molecule has 1 heterocycles. The molecule has 1 rings (SSSR count). The number of rotatable bonds is 6. The molecule has 0 spiro atoms. The maximum Gasteiger partial charge on any atom is 0.0860 e. The molecule has 3 nitrogen and oxygen atoms in total. The number of aromatic nitrogens is 2. The summed E-state index contributed by atoms with van der Waals surface area (Å²) in [6.07, 6.45) is 0. The molecule has 98 valence electrons. The highest BCUT2D eigenvalue weighted by Crippen LogP contribution is 2.20. The van der Waals surface area contributed by atoms with E-state index < -0.39 is 0 Å². The van der Waals surface area contributed by atoms with E-state index in [4.69, 9.17) is 11.6 Å². The topological polar surface area (TPSA) is 29.9 Å². The van der Waals surface area contributed by atoms with Gasteiger partial charge in [-0.05, 0) is 19.8 Å². The predicted octanol–water partition coefficient (Wildman–Crippen LogP) is 3.37. The molecule has 1 atom stereocenters. The van der Waals surface area contributed by atoms with Crippen LogP contribution < -0.4 is 5.32 Å². The summed E-state index contributed by atoms with van der Waals surface area (Å²) in [6, 6.07) is 0.451. The summed E-state index contributed by atoms with van der Waals surface area (Å²) in [5.41, 5.74) is 1.99.